The fourth-order valence-electron chi connectivity index (χ4n) is 1.76. The molecule has 2 N–H and O–H groups in total. The summed E-state index contributed by atoms with van der Waals surface area (Å²) in [6, 6.07) is 5.79. The van der Waals surface area contributed by atoms with Gasteiger partial charge in [0.15, 0.2) is 0 Å². The van der Waals surface area contributed by atoms with Gasteiger partial charge in [-0.2, -0.15) is 0 Å². The lowest BCUT2D eigenvalue weighted by molar-refractivity contribution is 0.0796. The van der Waals surface area contributed by atoms with Gasteiger partial charge in [-0.3, -0.25) is 4.79 Å². The average Bonchev–Trinajstić information content (AvgIpc) is 2.42. The Balaban J connectivity index is 2.85. The molecule has 1 aromatic rings. The van der Waals surface area contributed by atoms with Crippen LogP contribution in [0.5, 0.6) is 0 Å². The van der Waals surface area contributed by atoms with Crippen LogP contribution < -0.4 is 10.0 Å². The van der Waals surface area contributed by atoms with Crippen LogP contribution in [0.4, 0.5) is 0 Å². The molecular weight excluding hydrogens is 290 g/mol. The van der Waals surface area contributed by atoms with Gasteiger partial charge in [-0.05, 0) is 45.2 Å². The smallest absolute Gasteiger partial charge is 0.253 e. The molecule has 0 spiro atoms. The largest absolute Gasteiger partial charge is 0.340 e. The van der Waals surface area contributed by atoms with E-state index in [1.807, 2.05) is 7.05 Å². The second-order valence-corrected chi connectivity index (χ2v) is 6.84. The van der Waals surface area contributed by atoms with Crippen molar-refractivity contribution in [3.05, 3.63) is 29.8 Å². The van der Waals surface area contributed by atoms with Gasteiger partial charge in [-0.25, -0.2) is 13.1 Å². The van der Waals surface area contributed by atoms with E-state index in [-0.39, 0.29) is 16.8 Å². The van der Waals surface area contributed by atoms with Crippen LogP contribution in [0.1, 0.15) is 24.2 Å². The van der Waals surface area contributed by atoms with Gasteiger partial charge in [-0.15, -0.1) is 0 Å². The maximum atomic E-state index is 12.1. The van der Waals surface area contributed by atoms with Crippen LogP contribution in [-0.4, -0.2) is 52.5 Å². The number of sulfonamides is 1. The summed E-state index contributed by atoms with van der Waals surface area (Å²) in [7, 11) is 0.0108. The van der Waals surface area contributed by atoms with Crippen molar-refractivity contribution >= 4 is 15.9 Å². The number of benzene rings is 1. The first-order valence-corrected chi connectivity index (χ1v) is 8.28. The Kier molecular flexibility index (Phi) is 6.32. The van der Waals surface area contributed by atoms with E-state index in [1.54, 1.807) is 25.8 Å². The molecule has 0 fully saturated rings. The van der Waals surface area contributed by atoms with E-state index in [9.17, 15) is 13.2 Å². The molecule has 1 aromatic carbocycles. The van der Waals surface area contributed by atoms with Crippen LogP contribution in [-0.2, 0) is 10.0 Å². The molecule has 0 saturated carbocycles. The molecule has 0 atom stereocenters. The van der Waals surface area contributed by atoms with Crippen LogP contribution in [0.25, 0.3) is 0 Å². The van der Waals surface area contributed by atoms with E-state index in [2.05, 4.69) is 10.0 Å². The van der Waals surface area contributed by atoms with Crippen molar-refractivity contribution in [2.75, 3.05) is 27.2 Å². The Morgan fingerprint density at radius 2 is 1.81 bits per heavy atom. The second-order valence-electron chi connectivity index (χ2n) is 5.13. The lowest BCUT2D eigenvalue weighted by Gasteiger charge is -2.17. The van der Waals surface area contributed by atoms with Gasteiger partial charge < -0.3 is 10.2 Å². The molecule has 0 aromatic heterocycles. The van der Waals surface area contributed by atoms with Crippen molar-refractivity contribution in [1.82, 2.24) is 14.9 Å². The Hall–Kier alpha value is -1.44. The Morgan fingerprint density at radius 1 is 1.24 bits per heavy atom. The molecule has 6 nitrogen and oxygen atoms in total. The second kappa shape index (κ2) is 7.53. The predicted molar refractivity (Wildman–Crippen MR) is 82.8 cm³/mol. The lowest BCUT2D eigenvalue weighted by atomic mass is 10.2. The Labute approximate surface area is 126 Å². The van der Waals surface area contributed by atoms with E-state index in [0.717, 1.165) is 0 Å². The molecule has 0 saturated heterocycles. The molecule has 0 bridgehead atoms. The zero-order valence-corrected chi connectivity index (χ0v) is 13.7. The van der Waals surface area contributed by atoms with E-state index in [0.29, 0.717) is 18.7 Å². The molecule has 0 heterocycles. The maximum absolute atomic E-state index is 12.1. The normalized spacial score (nSPS) is 11.7. The minimum absolute atomic E-state index is 0.133. The van der Waals surface area contributed by atoms with Gasteiger partial charge in [0.1, 0.15) is 0 Å². The first-order chi connectivity index (χ1) is 9.77. The summed E-state index contributed by atoms with van der Waals surface area (Å²) in [5.41, 5.74) is 0.470. The third-order valence-electron chi connectivity index (χ3n) is 2.85. The molecule has 7 heteroatoms. The first kappa shape index (κ1) is 17.6. The number of rotatable bonds is 7. The van der Waals surface area contributed by atoms with Crippen molar-refractivity contribution < 1.29 is 13.2 Å². The van der Waals surface area contributed by atoms with Crippen molar-refractivity contribution in [2.24, 2.45) is 0 Å². The zero-order chi connectivity index (χ0) is 16.0. The number of carbonyl (C=O) groups excluding carboxylic acids is 1. The summed E-state index contributed by atoms with van der Waals surface area (Å²) in [5, 5.41) is 2.97. The number of amides is 1. The minimum atomic E-state index is -3.52. The number of nitrogens with one attached hydrogen (secondary N) is 2. The third-order valence-corrected chi connectivity index (χ3v) is 4.52. The summed E-state index contributed by atoms with van der Waals surface area (Å²) in [5.74, 6) is -0.133. The van der Waals surface area contributed by atoms with Gasteiger partial charge >= 0.3 is 0 Å². The monoisotopic (exact) mass is 313 g/mol. The van der Waals surface area contributed by atoms with Crippen LogP contribution >= 0.6 is 0 Å². The highest BCUT2D eigenvalue weighted by Gasteiger charge is 2.17. The van der Waals surface area contributed by atoms with Gasteiger partial charge in [0.05, 0.1) is 4.90 Å². The standard InChI is InChI=1S/C14H23N3O3S/c1-11(2)16-21(19,20)13-7-5-12(6-8-13)14(18)17(4)10-9-15-3/h5-8,11,15-16H,9-10H2,1-4H3. The van der Waals surface area contributed by atoms with Crippen LogP contribution in [0, 0.1) is 0 Å². The Morgan fingerprint density at radius 3 is 2.29 bits per heavy atom. The molecule has 1 rings (SSSR count). The first-order valence-electron chi connectivity index (χ1n) is 6.80. The van der Waals surface area contributed by atoms with Crippen LogP contribution in [0.15, 0.2) is 29.2 Å². The fraction of sp³-hybridized carbons (Fsp3) is 0.500. The van der Waals surface area contributed by atoms with Gasteiger partial charge in [-0.1, -0.05) is 0 Å². The molecule has 0 radical (unpaired) electrons. The summed E-state index contributed by atoms with van der Waals surface area (Å²) in [4.78, 5) is 13.9. The summed E-state index contributed by atoms with van der Waals surface area (Å²) in [6.45, 7) is 4.80. The van der Waals surface area contributed by atoms with E-state index in [1.165, 1.54) is 24.3 Å². The minimum Gasteiger partial charge on any atom is -0.340 e. The van der Waals surface area contributed by atoms with Crippen LogP contribution in [0.3, 0.4) is 0 Å². The van der Waals surface area contributed by atoms with Crippen molar-refractivity contribution in [3.8, 4) is 0 Å². The van der Waals surface area contributed by atoms with E-state index in [4.69, 9.17) is 0 Å². The molecule has 0 aliphatic heterocycles. The predicted octanol–water partition coefficient (Wildman–Crippen LogP) is 0.665. The molecule has 0 aliphatic rings. The highest BCUT2D eigenvalue weighted by atomic mass is 32.2. The van der Waals surface area contributed by atoms with Crippen LogP contribution in [0.2, 0.25) is 0 Å². The molecule has 1 amide bonds. The highest BCUT2D eigenvalue weighted by molar-refractivity contribution is 7.89. The number of nitrogens with zero attached hydrogens (tertiary/aromatic N) is 1. The van der Waals surface area contributed by atoms with Gasteiger partial charge in [0.25, 0.3) is 5.91 Å². The van der Waals surface area contributed by atoms with Gasteiger partial charge in [0.2, 0.25) is 10.0 Å². The maximum Gasteiger partial charge on any atom is 0.253 e. The summed E-state index contributed by atoms with van der Waals surface area (Å²) < 4.78 is 26.5. The van der Waals surface area contributed by atoms with E-state index < -0.39 is 10.0 Å². The molecule has 0 unspecified atom stereocenters. The number of likely N-dealkylation sites (N-methyl/N-ethyl adjacent to an activating group) is 2. The lowest BCUT2D eigenvalue weighted by Crippen LogP contribution is -2.33. The van der Waals surface area contributed by atoms with Gasteiger partial charge in [0, 0.05) is 31.7 Å². The molecule has 21 heavy (non-hydrogen) atoms. The third kappa shape index (κ3) is 5.11. The van der Waals surface area contributed by atoms with E-state index >= 15 is 0 Å². The summed E-state index contributed by atoms with van der Waals surface area (Å²) >= 11 is 0. The highest BCUT2D eigenvalue weighted by Crippen LogP contribution is 2.12. The number of hydrogen-bond donors (Lipinski definition) is 2. The zero-order valence-electron chi connectivity index (χ0n) is 12.9. The average molecular weight is 313 g/mol. The number of hydrogen-bond acceptors (Lipinski definition) is 4. The van der Waals surface area contributed by atoms with Crippen molar-refractivity contribution in [1.29, 1.82) is 0 Å². The molecule has 118 valence electrons. The quantitative estimate of drug-likeness (QED) is 0.775. The fourth-order valence-corrected chi connectivity index (χ4v) is 3.01. The topological polar surface area (TPSA) is 78.5 Å². The molecular formula is C14H23N3O3S. The van der Waals surface area contributed by atoms with Crippen molar-refractivity contribution in [2.45, 2.75) is 24.8 Å². The summed E-state index contributed by atoms with van der Waals surface area (Å²) in [6.07, 6.45) is 0. The Bertz CT molecular complexity index is 568. The SMILES string of the molecule is CNCCN(C)C(=O)c1ccc(S(=O)(=O)NC(C)C)cc1. The van der Waals surface area contributed by atoms with Crippen molar-refractivity contribution in [3.63, 3.8) is 0 Å². The molecule has 0 aliphatic carbocycles. The number of carbonyl (C=O) groups is 1.